The Morgan fingerprint density at radius 1 is 1.35 bits per heavy atom. The fourth-order valence-corrected chi connectivity index (χ4v) is 2.66. The quantitative estimate of drug-likeness (QED) is 0.853. The standard InChI is InChI=1S/C16H18N2O2/c1-3-20-16(19)12-5-7-14-15(10-12)18-11(2)4-6-13(18)8-9-17-14/h4-7,10,17H,3,8-9H2,1-2H3. The van der Waals surface area contributed by atoms with Gasteiger partial charge < -0.3 is 14.6 Å². The molecule has 2 aromatic rings. The van der Waals surface area contributed by atoms with Crippen LogP contribution in [0.15, 0.2) is 30.3 Å². The highest BCUT2D eigenvalue weighted by atomic mass is 16.5. The summed E-state index contributed by atoms with van der Waals surface area (Å²) in [4.78, 5) is 11.9. The van der Waals surface area contributed by atoms with Gasteiger partial charge >= 0.3 is 5.97 Å². The van der Waals surface area contributed by atoms with Crippen LogP contribution in [0, 0.1) is 6.92 Å². The van der Waals surface area contributed by atoms with Gasteiger partial charge in [-0.1, -0.05) is 0 Å². The Kier molecular flexibility index (Phi) is 3.22. The topological polar surface area (TPSA) is 43.3 Å². The summed E-state index contributed by atoms with van der Waals surface area (Å²) in [6.45, 7) is 5.18. The normalized spacial score (nSPS) is 12.9. The van der Waals surface area contributed by atoms with Gasteiger partial charge in [0.05, 0.1) is 23.5 Å². The first-order chi connectivity index (χ1) is 9.70. The van der Waals surface area contributed by atoms with Crippen LogP contribution < -0.4 is 5.32 Å². The Bertz CT molecular complexity index is 658. The number of esters is 1. The lowest BCUT2D eigenvalue weighted by atomic mass is 10.1. The molecule has 1 aliphatic heterocycles. The minimum atomic E-state index is -0.272. The van der Waals surface area contributed by atoms with E-state index >= 15 is 0 Å². The molecule has 1 aromatic heterocycles. The van der Waals surface area contributed by atoms with E-state index in [1.807, 2.05) is 25.1 Å². The van der Waals surface area contributed by atoms with Crippen LogP contribution in [0.1, 0.15) is 28.7 Å². The Hall–Kier alpha value is -2.23. The minimum absolute atomic E-state index is 0.272. The molecule has 1 aromatic carbocycles. The maximum absolute atomic E-state index is 11.9. The molecule has 4 heteroatoms. The molecule has 3 rings (SSSR count). The number of ether oxygens (including phenoxy) is 1. The van der Waals surface area contributed by atoms with E-state index in [0.717, 1.165) is 24.3 Å². The van der Waals surface area contributed by atoms with Crippen molar-refractivity contribution in [2.75, 3.05) is 18.5 Å². The molecular formula is C16H18N2O2. The summed E-state index contributed by atoms with van der Waals surface area (Å²) < 4.78 is 7.29. The molecule has 0 bridgehead atoms. The fourth-order valence-electron chi connectivity index (χ4n) is 2.66. The van der Waals surface area contributed by atoms with Gasteiger partial charge in [0.1, 0.15) is 0 Å². The number of nitrogens with zero attached hydrogens (tertiary/aromatic N) is 1. The third-order valence-corrected chi connectivity index (χ3v) is 3.60. The molecule has 2 heterocycles. The summed E-state index contributed by atoms with van der Waals surface area (Å²) in [5.41, 5.74) is 5.09. The molecule has 0 amide bonds. The summed E-state index contributed by atoms with van der Waals surface area (Å²) in [6.07, 6.45) is 0.970. The second kappa shape index (κ2) is 5.04. The second-order valence-corrected chi connectivity index (χ2v) is 4.93. The van der Waals surface area contributed by atoms with Gasteiger partial charge in [-0.2, -0.15) is 0 Å². The molecular weight excluding hydrogens is 252 g/mol. The van der Waals surface area contributed by atoms with Crippen molar-refractivity contribution < 1.29 is 9.53 Å². The summed E-state index contributed by atoms with van der Waals surface area (Å²) in [6, 6.07) is 9.93. The second-order valence-electron chi connectivity index (χ2n) is 4.93. The van der Waals surface area contributed by atoms with Gasteiger partial charge in [-0.25, -0.2) is 4.79 Å². The first kappa shape index (κ1) is 12.8. The zero-order valence-corrected chi connectivity index (χ0v) is 11.8. The van der Waals surface area contributed by atoms with Gasteiger partial charge in [-0.15, -0.1) is 0 Å². The van der Waals surface area contributed by atoms with Crippen LogP contribution in [-0.4, -0.2) is 23.7 Å². The lowest BCUT2D eigenvalue weighted by molar-refractivity contribution is 0.0526. The first-order valence-electron chi connectivity index (χ1n) is 6.93. The smallest absolute Gasteiger partial charge is 0.338 e. The molecule has 0 atom stereocenters. The molecule has 20 heavy (non-hydrogen) atoms. The number of fused-ring (bicyclic) bond motifs is 3. The van der Waals surface area contributed by atoms with Crippen molar-refractivity contribution in [1.29, 1.82) is 0 Å². The maximum Gasteiger partial charge on any atom is 0.338 e. The summed E-state index contributed by atoms with van der Waals surface area (Å²) in [5.74, 6) is -0.272. The molecule has 1 aliphatic rings. The Balaban J connectivity index is 2.12. The Morgan fingerprint density at radius 2 is 2.20 bits per heavy atom. The number of carbonyl (C=O) groups is 1. The average Bonchev–Trinajstić information content (AvgIpc) is 2.70. The zero-order chi connectivity index (χ0) is 14.1. The van der Waals surface area contributed by atoms with Crippen molar-refractivity contribution in [3.05, 3.63) is 47.3 Å². The van der Waals surface area contributed by atoms with Crippen molar-refractivity contribution in [3.8, 4) is 5.69 Å². The van der Waals surface area contributed by atoms with E-state index in [0.29, 0.717) is 12.2 Å². The van der Waals surface area contributed by atoms with Crippen LogP contribution in [0.2, 0.25) is 0 Å². The monoisotopic (exact) mass is 270 g/mol. The van der Waals surface area contributed by atoms with Gasteiger partial charge in [-0.05, 0) is 44.2 Å². The summed E-state index contributed by atoms with van der Waals surface area (Å²) in [7, 11) is 0. The fraction of sp³-hybridized carbons (Fsp3) is 0.312. The van der Waals surface area contributed by atoms with Crippen LogP contribution in [0.5, 0.6) is 0 Å². The molecule has 0 radical (unpaired) electrons. The molecule has 1 N–H and O–H groups in total. The highest BCUT2D eigenvalue weighted by molar-refractivity contribution is 5.91. The lowest BCUT2D eigenvalue weighted by Gasteiger charge is -2.14. The molecule has 0 unspecified atom stereocenters. The number of nitrogens with one attached hydrogen (secondary N) is 1. The van der Waals surface area contributed by atoms with E-state index in [-0.39, 0.29) is 5.97 Å². The summed E-state index contributed by atoms with van der Waals surface area (Å²) in [5, 5.41) is 3.41. The number of hydrogen-bond acceptors (Lipinski definition) is 3. The Morgan fingerprint density at radius 3 is 3.00 bits per heavy atom. The minimum Gasteiger partial charge on any atom is -0.462 e. The third kappa shape index (κ3) is 2.07. The van der Waals surface area contributed by atoms with E-state index in [1.54, 1.807) is 0 Å². The molecule has 0 saturated heterocycles. The SMILES string of the molecule is CCOC(=O)c1ccc2c(c1)-n1c(C)ccc1CCN2. The number of aryl methyl sites for hydroxylation is 1. The van der Waals surface area contributed by atoms with Crippen LogP contribution in [0.25, 0.3) is 5.69 Å². The number of aromatic nitrogens is 1. The predicted octanol–water partition coefficient (Wildman–Crippen LogP) is 2.93. The molecule has 104 valence electrons. The van der Waals surface area contributed by atoms with Gasteiger partial charge in [0.25, 0.3) is 0 Å². The van der Waals surface area contributed by atoms with Crippen LogP contribution >= 0.6 is 0 Å². The van der Waals surface area contributed by atoms with E-state index in [2.05, 4.69) is 28.9 Å². The first-order valence-corrected chi connectivity index (χ1v) is 6.93. The number of hydrogen-bond donors (Lipinski definition) is 1. The van der Waals surface area contributed by atoms with E-state index in [9.17, 15) is 4.79 Å². The van der Waals surface area contributed by atoms with Crippen molar-refractivity contribution in [1.82, 2.24) is 4.57 Å². The molecule has 0 spiro atoms. The van der Waals surface area contributed by atoms with Gasteiger partial charge in [0, 0.05) is 24.4 Å². The van der Waals surface area contributed by atoms with Crippen LogP contribution in [-0.2, 0) is 11.2 Å². The number of carbonyl (C=O) groups excluding carboxylic acids is 1. The van der Waals surface area contributed by atoms with Crippen molar-refractivity contribution in [2.24, 2.45) is 0 Å². The van der Waals surface area contributed by atoms with Crippen molar-refractivity contribution in [3.63, 3.8) is 0 Å². The van der Waals surface area contributed by atoms with E-state index in [1.165, 1.54) is 11.4 Å². The van der Waals surface area contributed by atoms with E-state index < -0.39 is 0 Å². The Labute approximate surface area is 118 Å². The molecule has 0 fully saturated rings. The maximum atomic E-state index is 11.9. The number of anilines is 1. The highest BCUT2D eigenvalue weighted by Gasteiger charge is 2.17. The molecule has 0 saturated carbocycles. The van der Waals surface area contributed by atoms with E-state index in [4.69, 9.17) is 4.74 Å². The van der Waals surface area contributed by atoms with Crippen LogP contribution in [0.4, 0.5) is 5.69 Å². The average molecular weight is 270 g/mol. The number of rotatable bonds is 2. The van der Waals surface area contributed by atoms with Crippen molar-refractivity contribution >= 4 is 11.7 Å². The number of benzene rings is 1. The van der Waals surface area contributed by atoms with Gasteiger partial charge in [0.2, 0.25) is 0 Å². The van der Waals surface area contributed by atoms with Crippen LogP contribution in [0.3, 0.4) is 0 Å². The predicted molar refractivity (Wildman–Crippen MR) is 78.7 cm³/mol. The van der Waals surface area contributed by atoms with Gasteiger partial charge in [-0.3, -0.25) is 0 Å². The van der Waals surface area contributed by atoms with Crippen molar-refractivity contribution in [2.45, 2.75) is 20.3 Å². The van der Waals surface area contributed by atoms with Gasteiger partial charge in [0.15, 0.2) is 0 Å². The molecule has 0 aliphatic carbocycles. The zero-order valence-electron chi connectivity index (χ0n) is 11.8. The third-order valence-electron chi connectivity index (χ3n) is 3.60. The molecule has 4 nitrogen and oxygen atoms in total. The largest absolute Gasteiger partial charge is 0.462 e. The summed E-state index contributed by atoms with van der Waals surface area (Å²) >= 11 is 0. The lowest BCUT2D eigenvalue weighted by Crippen LogP contribution is -2.07. The highest BCUT2D eigenvalue weighted by Crippen LogP contribution is 2.28.